The smallest absolute Gasteiger partial charge is 0.277 e. The minimum atomic E-state index is -0.445. The lowest BCUT2D eigenvalue weighted by atomic mass is 10.2. The topological polar surface area (TPSA) is 80.2 Å². The molecular weight excluding hydrogens is 559 g/mol. The highest BCUT2D eigenvalue weighted by Crippen LogP contribution is 2.36. The average molecular weight is 571 g/mol. The molecule has 6 nitrogen and oxygen atoms in total. The van der Waals surface area contributed by atoms with Crippen molar-refractivity contribution in [1.29, 1.82) is 0 Å². The number of hydrazone groups is 1. The number of carbonyl (C=O) groups excluding carboxylic acids is 1. The molecule has 1 amide bonds. The molecule has 2 rings (SSSR count). The molecule has 0 aliphatic heterocycles. The first-order valence-electron chi connectivity index (χ1n) is 6.97. The second kappa shape index (κ2) is 9.59. The number of rotatable bonds is 6. The minimum Gasteiger partial charge on any atom is -0.503 e. The van der Waals surface area contributed by atoms with Gasteiger partial charge in [-0.3, -0.25) is 4.79 Å². The number of hydrogen-bond acceptors (Lipinski definition) is 5. The van der Waals surface area contributed by atoms with Gasteiger partial charge in [0.2, 0.25) is 0 Å². The first-order valence-corrected chi connectivity index (χ1v) is 9.73. The molecule has 0 aromatic heterocycles. The molecule has 0 aliphatic carbocycles. The van der Waals surface area contributed by atoms with Gasteiger partial charge in [-0.15, -0.1) is 0 Å². The number of benzene rings is 2. The van der Waals surface area contributed by atoms with Gasteiger partial charge in [-0.1, -0.05) is 27.5 Å². The number of phenols is 1. The maximum Gasteiger partial charge on any atom is 0.277 e. The van der Waals surface area contributed by atoms with Crippen LogP contribution in [-0.4, -0.2) is 30.9 Å². The molecule has 0 saturated heterocycles. The molecule has 138 valence electrons. The van der Waals surface area contributed by atoms with Crippen LogP contribution in [0.1, 0.15) is 5.56 Å². The van der Waals surface area contributed by atoms with Gasteiger partial charge >= 0.3 is 0 Å². The van der Waals surface area contributed by atoms with E-state index in [1.165, 1.54) is 25.5 Å². The summed E-state index contributed by atoms with van der Waals surface area (Å²) in [7, 11) is 1.41. The Morgan fingerprint density at radius 2 is 1.92 bits per heavy atom. The van der Waals surface area contributed by atoms with Crippen molar-refractivity contribution in [1.82, 2.24) is 5.43 Å². The number of amides is 1. The number of nitrogens with one attached hydrogen (secondary N) is 1. The summed E-state index contributed by atoms with van der Waals surface area (Å²) in [5, 5.41) is 13.6. The number of hydrogen-bond donors (Lipinski definition) is 2. The molecule has 0 radical (unpaired) electrons. The Balaban J connectivity index is 1.95. The third-order valence-corrected chi connectivity index (χ3v) is 4.91. The Hall–Kier alpha value is -1.29. The first-order chi connectivity index (χ1) is 12.3. The van der Waals surface area contributed by atoms with Gasteiger partial charge in [0.15, 0.2) is 18.1 Å². The number of nitrogens with zero attached hydrogens (tertiary/aromatic N) is 1. The van der Waals surface area contributed by atoms with Gasteiger partial charge in [-0.2, -0.15) is 5.10 Å². The van der Waals surface area contributed by atoms with Gasteiger partial charge in [0.25, 0.3) is 5.91 Å². The summed E-state index contributed by atoms with van der Waals surface area (Å²) < 4.78 is 12.7. The van der Waals surface area contributed by atoms with Gasteiger partial charge in [0.1, 0.15) is 5.75 Å². The first kappa shape index (κ1) is 21.0. The van der Waals surface area contributed by atoms with Gasteiger partial charge in [0.05, 0.1) is 27.3 Å². The monoisotopic (exact) mass is 568 g/mol. The molecular formula is C16H12Br3ClN2O4. The summed E-state index contributed by atoms with van der Waals surface area (Å²) in [6, 6.07) is 6.63. The maximum absolute atomic E-state index is 11.9. The maximum atomic E-state index is 11.9. The second-order valence-electron chi connectivity index (χ2n) is 4.83. The zero-order valence-electron chi connectivity index (χ0n) is 13.2. The van der Waals surface area contributed by atoms with Crippen molar-refractivity contribution >= 4 is 71.5 Å². The third kappa shape index (κ3) is 5.60. The molecule has 0 aliphatic rings. The van der Waals surface area contributed by atoms with Crippen LogP contribution in [0.2, 0.25) is 5.02 Å². The van der Waals surface area contributed by atoms with Crippen LogP contribution in [0.3, 0.4) is 0 Å². The van der Waals surface area contributed by atoms with E-state index in [0.29, 0.717) is 20.3 Å². The molecule has 0 unspecified atom stereocenters. The molecule has 10 heteroatoms. The fraction of sp³-hybridized carbons (Fsp3) is 0.125. The molecule has 0 bridgehead atoms. The summed E-state index contributed by atoms with van der Waals surface area (Å²) in [6.45, 7) is -0.226. The van der Waals surface area contributed by atoms with Crippen LogP contribution in [0.15, 0.2) is 42.8 Å². The Bertz CT molecular complexity index is 839. The van der Waals surface area contributed by atoms with Gasteiger partial charge in [-0.25, -0.2) is 5.43 Å². The average Bonchev–Trinajstić information content (AvgIpc) is 2.56. The van der Waals surface area contributed by atoms with Crippen molar-refractivity contribution in [2.24, 2.45) is 5.10 Å². The van der Waals surface area contributed by atoms with E-state index < -0.39 is 5.91 Å². The Kier molecular flexibility index (Phi) is 7.75. The van der Waals surface area contributed by atoms with E-state index in [9.17, 15) is 9.90 Å². The zero-order chi connectivity index (χ0) is 19.3. The normalized spacial score (nSPS) is 10.8. The van der Waals surface area contributed by atoms with Crippen molar-refractivity contribution in [3.8, 4) is 17.2 Å². The summed E-state index contributed by atoms with van der Waals surface area (Å²) in [4.78, 5) is 11.9. The van der Waals surface area contributed by atoms with Gasteiger partial charge < -0.3 is 14.6 Å². The molecule has 0 atom stereocenters. The van der Waals surface area contributed by atoms with Crippen LogP contribution in [-0.2, 0) is 4.79 Å². The van der Waals surface area contributed by atoms with Crippen LogP contribution < -0.4 is 14.9 Å². The van der Waals surface area contributed by atoms with E-state index in [1.54, 1.807) is 12.1 Å². The highest BCUT2D eigenvalue weighted by molar-refractivity contribution is 9.11. The van der Waals surface area contributed by atoms with E-state index in [0.717, 1.165) is 4.47 Å². The summed E-state index contributed by atoms with van der Waals surface area (Å²) in [5.74, 6) is 0.107. The Labute approximate surface area is 179 Å². The molecule has 2 aromatic carbocycles. The van der Waals surface area contributed by atoms with Crippen molar-refractivity contribution in [2.45, 2.75) is 0 Å². The van der Waals surface area contributed by atoms with E-state index in [2.05, 4.69) is 58.3 Å². The predicted octanol–water partition coefficient (Wildman–Crippen LogP) is 4.87. The third-order valence-electron chi connectivity index (χ3n) is 2.98. The highest BCUT2D eigenvalue weighted by atomic mass is 79.9. The number of aromatic hydroxyl groups is 1. The fourth-order valence-electron chi connectivity index (χ4n) is 1.84. The molecule has 0 fully saturated rings. The Morgan fingerprint density at radius 1 is 1.27 bits per heavy atom. The predicted molar refractivity (Wildman–Crippen MR) is 110 cm³/mol. The van der Waals surface area contributed by atoms with E-state index in [1.807, 2.05) is 0 Å². The van der Waals surface area contributed by atoms with Crippen molar-refractivity contribution < 1.29 is 19.4 Å². The second-order valence-corrected chi connectivity index (χ2v) is 7.87. The molecule has 0 heterocycles. The van der Waals surface area contributed by atoms with E-state index >= 15 is 0 Å². The number of halogens is 4. The van der Waals surface area contributed by atoms with Crippen LogP contribution in [0.5, 0.6) is 17.2 Å². The highest BCUT2D eigenvalue weighted by Gasteiger charge is 2.11. The quantitative estimate of drug-likeness (QED) is 0.383. The van der Waals surface area contributed by atoms with Crippen molar-refractivity contribution in [2.75, 3.05) is 13.7 Å². The van der Waals surface area contributed by atoms with Crippen LogP contribution in [0, 0.1) is 0 Å². The van der Waals surface area contributed by atoms with E-state index in [4.69, 9.17) is 21.1 Å². The van der Waals surface area contributed by atoms with Gasteiger partial charge in [-0.05, 0) is 61.7 Å². The lowest BCUT2D eigenvalue weighted by molar-refractivity contribution is -0.123. The van der Waals surface area contributed by atoms with Crippen molar-refractivity contribution in [3.05, 3.63) is 48.3 Å². The molecule has 0 spiro atoms. The largest absolute Gasteiger partial charge is 0.503 e. The molecule has 2 N–H and O–H groups in total. The number of ether oxygens (including phenoxy) is 2. The van der Waals surface area contributed by atoms with Crippen LogP contribution in [0.4, 0.5) is 0 Å². The number of methoxy groups -OCH3 is 1. The zero-order valence-corrected chi connectivity index (χ0v) is 18.7. The SMILES string of the molecule is COc1cc(/C=N/NC(=O)COc2c(Br)cc(Br)cc2Br)cc(Cl)c1O. The molecule has 2 aromatic rings. The summed E-state index contributed by atoms with van der Waals surface area (Å²) in [6.07, 6.45) is 1.37. The standard InChI is InChI=1S/C16H12Br3ClN2O4/c1-25-13-3-8(2-12(20)15(13)24)6-21-22-14(23)7-26-16-10(18)4-9(17)5-11(16)19/h2-6,24H,7H2,1H3,(H,22,23)/b21-6+. The van der Waals surface area contributed by atoms with E-state index in [-0.39, 0.29) is 23.1 Å². The number of carbonyl (C=O) groups is 1. The van der Waals surface area contributed by atoms with Crippen LogP contribution >= 0.6 is 59.4 Å². The van der Waals surface area contributed by atoms with Crippen molar-refractivity contribution in [3.63, 3.8) is 0 Å². The molecule has 0 saturated carbocycles. The van der Waals surface area contributed by atoms with Gasteiger partial charge in [0, 0.05) is 4.47 Å². The Morgan fingerprint density at radius 3 is 2.54 bits per heavy atom. The minimum absolute atomic E-state index is 0.116. The lowest BCUT2D eigenvalue weighted by Crippen LogP contribution is -2.24. The lowest BCUT2D eigenvalue weighted by Gasteiger charge is -2.10. The summed E-state index contributed by atoms with van der Waals surface area (Å²) in [5.41, 5.74) is 2.89. The fourth-order valence-corrected chi connectivity index (χ4v) is 4.55. The summed E-state index contributed by atoms with van der Waals surface area (Å²) >= 11 is 16.0. The molecule has 26 heavy (non-hydrogen) atoms. The number of phenolic OH excluding ortho intramolecular Hbond substituents is 1. The van der Waals surface area contributed by atoms with Crippen LogP contribution in [0.25, 0.3) is 0 Å².